The Kier molecular flexibility index (Phi) is 4.64. The SMILES string of the molecule is C#CCOC1(CC)CCN(C(=O)OC(C)(C)C)C1. The van der Waals surface area contributed by atoms with Crippen LogP contribution in [0.4, 0.5) is 4.79 Å². The number of carbonyl (C=O) groups excluding carboxylic acids is 1. The molecule has 0 bridgehead atoms. The normalized spacial score (nSPS) is 23.8. The lowest BCUT2D eigenvalue weighted by Gasteiger charge is -2.28. The van der Waals surface area contributed by atoms with E-state index in [0.29, 0.717) is 13.1 Å². The van der Waals surface area contributed by atoms with Crippen molar-refractivity contribution in [2.24, 2.45) is 0 Å². The highest BCUT2D eigenvalue weighted by atomic mass is 16.6. The summed E-state index contributed by atoms with van der Waals surface area (Å²) in [6.45, 7) is 9.15. The summed E-state index contributed by atoms with van der Waals surface area (Å²) < 4.78 is 11.1. The summed E-state index contributed by atoms with van der Waals surface area (Å²) in [6, 6.07) is 0. The number of likely N-dealkylation sites (tertiary alicyclic amines) is 1. The summed E-state index contributed by atoms with van der Waals surface area (Å²) in [5.74, 6) is 2.48. The highest BCUT2D eigenvalue weighted by Crippen LogP contribution is 2.29. The van der Waals surface area contributed by atoms with Crippen molar-refractivity contribution in [2.75, 3.05) is 19.7 Å². The lowest BCUT2D eigenvalue weighted by Crippen LogP contribution is -2.40. The zero-order valence-electron chi connectivity index (χ0n) is 11.8. The Labute approximate surface area is 110 Å². The predicted octanol–water partition coefficient (Wildman–Crippen LogP) is 2.43. The van der Waals surface area contributed by atoms with E-state index < -0.39 is 5.60 Å². The summed E-state index contributed by atoms with van der Waals surface area (Å²) >= 11 is 0. The van der Waals surface area contributed by atoms with E-state index in [1.54, 1.807) is 4.90 Å². The van der Waals surface area contributed by atoms with Crippen LogP contribution in [0, 0.1) is 12.3 Å². The van der Waals surface area contributed by atoms with Gasteiger partial charge in [0, 0.05) is 6.54 Å². The van der Waals surface area contributed by atoms with Gasteiger partial charge in [-0.25, -0.2) is 4.79 Å². The molecule has 1 fully saturated rings. The third-order valence-corrected chi connectivity index (χ3v) is 3.07. The van der Waals surface area contributed by atoms with Crippen LogP contribution in [0.2, 0.25) is 0 Å². The van der Waals surface area contributed by atoms with Crippen LogP contribution in [-0.2, 0) is 9.47 Å². The standard InChI is InChI=1S/C14H23NO3/c1-6-10-17-14(7-2)8-9-15(11-14)12(16)18-13(3,4)5/h1H,7-11H2,2-5H3. The van der Waals surface area contributed by atoms with E-state index in [9.17, 15) is 4.79 Å². The lowest BCUT2D eigenvalue weighted by atomic mass is 10.00. The second-order valence-electron chi connectivity index (χ2n) is 5.68. The van der Waals surface area contributed by atoms with Crippen molar-refractivity contribution in [3.63, 3.8) is 0 Å². The minimum atomic E-state index is -0.464. The molecule has 0 saturated carbocycles. The first kappa shape index (κ1) is 14.8. The molecule has 1 unspecified atom stereocenters. The highest BCUT2D eigenvalue weighted by molar-refractivity contribution is 5.68. The molecule has 1 rings (SSSR count). The van der Waals surface area contributed by atoms with Crippen LogP contribution >= 0.6 is 0 Å². The van der Waals surface area contributed by atoms with E-state index in [2.05, 4.69) is 12.8 Å². The molecule has 1 aliphatic rings. The van der Waals surface area contributed by atoms with Gasteiger partial charge in [0.05, 0.1) is 12.1 Å². The molecule has 0 aromatic carbocycles. The van der Waals surface area contributed by atoms with Gasteiger partial charge in [0.15, 0.2) is 0 Å². The number of terminal acetylenes is 1. The molecule has 0 spiro atoms. The maximum absolute atomic E-state index is 11.9. The molecule has 1 atom stereocenters. The van der Waals surface area contributed by atoms with Crippen LogP contribution in [0.25, 0.3) is 0 Å². The summed E-state index contributed by atoms with van der Waals surface area (Å²) in [7, 11) is 0. The zero-order chi connectivity index (χ0) is 13.8. The topological polar surface area (TPSA) is 38.8 Å². The number of carbonyl (C=O) groups is 1. The summed E-state index contributed by atoms with van der Waals surface area (Å²) in [5.41, 5.74) is -0.766. The zero-order valence-corrected chi connectivity index (χ0v) is 11.8. The maximum Gasteiger partial charge on any atom is 0.410 e. The highest BCUT2D eigenvalue weighted by Gasteiger charge is 2.40. The van der Waals surface area contributed by atoms with E-state index >= 15 is 0 Å². The second kappa shape index (κ2) is 5.62. The van der Waals surface area contributed by atoms with Crippen LogP contribution in [-0.4, -0.2) is 41.9 Å². The van der Waals surface area contributed by atoms with E-state index in [1.165, 1.54) is 0 Å². The molecule has 0 radical (unpaired) electrons. The first-order valence-corrected chi connectivity index (χ1v) is 6.37. The Hall–Kier alpha value is -1.21. The molecule has 0 aromatic heterocycles. The van der Waals surface area contributed by atoms with Gasteiger partial charge in [-0.1, -0.05) is 12.8 Å². The summed E-state index contributed by atoms with van der Waals surface area (Å²) in [4.78, 5) is 13.6. The smallest absolute Gasteiger partial charge is 0.410 e. The van der Waals surface area contributed by atoms with Gasteiger partial charge < -0.3 is 14.4 Å². The molecule has 0 aromatic rings. The Bertz CT molecular complexity index is 340. The predicted molar refractivity (Wildman–Crippen MR) is 70.2 cm³/mol. The molecule has 1 amide bonds. The van der Waals surface area contributed by atoms with Gasteiger partial charge in [0.1, 0.15) is 12.2 Å². The van der Waals surface area contributed by atoms with E-state index in [4.69, 9.17) is 15.9 Å². The third kappa shape index (κ3) is 3.92. The average Bonchev–Trinajstić information content (AvgIpc) is 2.69. The molecule has 1 saturated heterocycles. The fraction of sp³-hybridized carbons (Fsp3) is 0.786. The van der Waals surface area contributed by atoms with Crippen molar-refractivity contribution in [1.29, 1.82) is 0 Å². The van der Waals surface area contributed by atoms with Crippen LogP contribution < -0.4 is 0 Å². The molecule has 4 nitrogen and oxygen atoms in total. The van der Waals surface area contributed by atoms with Crippen molar-refractivity contribution in [2.45, 2.75) is 51.7 Å². The van der Waals surface area contributed by atoms with Crippen LogP contribution in [0.5, 0.6) is 0 Å². The van der Waals surface area contributed by atoms with Crippen molar-refractivity contribution in [1.82, 2.24) is 4.90 Å². The molecular formula is C14H23NO3. The Morgan fingerprint density at radius 2 is 2.17 bits per heavy atom. The molecule has 0 aliphatic carbocycles. The fourth-order valence-electron chi connectivity index (χ4n) is 2.03. The van der Waals surface area contributed by atoms with Gasteiger partial charge in [0.25, 0.3) is 0 Å². The van der Waals surface area contributed by atoms with Crippen LogP contribution in [0.3, 0.4) is 0 Å². The molecule has 18 heavy (non-hydrogen) atoms. The summed E-state index contributed by atoms with van der Waals surface area (Å²) in [5, 5.41) is 0. The number of amides is 1. The van der Waals surface area contributed by atoms with E-state index in [0.717, 1.165) is 12.8 Å². The van der Waals surface area contributed by atoms with Gasteiger partial charge in [-0.2, -0.15) is 0 Å². The second-order valence-corrected chi connectivity index (χ2v) is 5.68. The van der Waals surface area contributed by atoms with E-state index in [-0.39, 0.29) is 18.3 Å². The van der Waals surface area contributed by atoms with Crippen molar-refractivity contribution in [3.05, 3.63) is 0 Å². The summed E-state index contributed by atoms with van der Waals surface area (Å²) in [6.07, 6.45) is 6.59. The minimum Gasteiger partial charge on any atom is -0.444 e. The maximum atomic E-state index is 11.9. The molecule has 102 valence electrons. The first-order valence-electron chi connectivity index (χ1n) is 6.37. The van der Waals surface area contributed by atoms with Gasteiger partial charge in [-0.15, -0.1) is 6.42 Å². The monoisotopic (exact) mass is 253 g/mol. The third-order valence-electron chi connectivity index (χ3n) is 3.07. The first-order chi connectivity index (χ1) is 8.32. The largest absolute Gasteiger partial charge is 0.444 e. The average molecular weight is 253 g/mol. The van der Waals surface area contributed by atoms with Crippen molar-refractivity contribution >= 4 is 6.09 Å². The van der Waals surface area contributed by atoms with Gasteiger partial charge in [0.2, 0.25) is 0 Å². The molecule has 4 heteroatoms. The molecular weight excluding hydrogens is 230 g/mol. The number of hydrogen-bond acceptors (Lipinski definition) is 3. The number of hydrogen-bond donors (Lipinski definition) is 0. The van der Waals surface area contributed by atoms with Gasteiger partial charge >= 0.3 is 6.09 Å². The van der Waals surface area contributed by atoms with Gasteiger partial charge in [-0.05, 0) is 33.6 Å². The Morgan fingerprint density at radius 3 is 2.67 bits per heavy atom. The van der Waals surface area contributed by atoms with Crippen LogP contribution in [0.1, 0.15) is 40.5 Å². The lowest BCUT2D eigenvalue weighted by molar-refractivity contribution is -0.0268. The molecule has 0 N–H and O–H groups in total. The van der Waals surface area contributed by atoms with Crippen molar-refractivity contribution < 1.29 is 14.3 Å². The molecule has 1 heterocycles. The Morgan fingerprint density at radius 1 is 1.50 bits per heavy atom. The van der Waals surface area contributed by atoms with Gasteiger partial charge in [-0.3, -0.25) is 0 Å². The quantitative estimate of drug-likeness (QED) is 0.725. The van der Waals surface area contributed by atoms with Crippen molar-refractivity contribution in [3.8, 4) is 12.3 Å². The Balaban J connectivity index is 2.59. The minimum absolute atomic E-state index is 0.276. The number of rotatable bonds is 3. The van der Waals surface area contributed by atoms with Crippen LogP contribution in [0.15, 0.2) is 0 Å². The van der Waals surface area contributed by atoms with E-state index in [1.807, 2.05) is 20.8 Å². The number of ether oxygens (including phenoxy) is 2. The molecule has 1 aliphatic heterocycles. The number of nitrogens with zero attached hydrogens (tertiary/aromatic N) is 1. The fourth-order valence-corrected chi connectivity index (χ4v) is 2.03.